The standard InChI is InChI=1S/C20H27N3O3S/c1-3-4-8-11-23(13-18(24)22-20-21-12-16(2)27-20)19(25)15-26-14-17-9-6-5-7-10-17/h5-7,9-10,12H,3-4,8,11,13-15H2,1-2H3,(H,21,22,24). The summed E-state index contributed by atoms with van der Waals surface area (Å²) in [7, 11) is 0. The predicted molar refractivity (Wildman–Crippen MR) is 108 cm³/mol. The number of carbonyl (C=O) groups excluding carboxylic acids is 2. The molecular formula is C20H27N3O3S. The van der Waals surface area contributed by atoms with E-state index >= 15 is 0 Å². The molecule has 0 aliphatic carbocycles. The highest BCUT2D eigenvalue weighted by molar-refractivity contribution is 7.15. The normalized spacial score (nSPS) is 10.6. The molecule has 1 heterocycles. The molecule has 0 atom stereocenters. The summed E-state index contributed by atoms with van der Waals surface area (Å²) in [6.45, 7) is 4.93. The van der Waals surface area contributed by atoms with Crippen molar-refractivity contribution in [3.63, 3.8) is 0 Å². The van der Waals surface area contributed by atoms with E-state index in [1.54, 1.807) is 11.1 Å². The Hall–Kier alpha value is -2.25. The molecule has 0 radical (unpaired) electrons. The molecule has 2 rings (SSSR count). The van der Waals surface area contributed by atoms with E-state index in [9.17, 15) is 9.59 Å². The molecule has 1 aromatic heterocycles. The third-order valence-corrected chi connectivity index (χ3v) is 4.75. The minimum atomic E-state index is -0.239. The second-order valence-electron chi connectivity index (χ2n) is 6.33. The van der Waals surface area contributed by atoms with E-state index in [2.05, 4.69) is 17.2 Å². The van der Waals surface area contributed by atoms with Crippen LogP contribution in [0.2, 0.25) is 0 Å². The lowest BCUT2D eigenvalue weighted by atomic mass is 10.2. The number of hydrogen-bond acceptors (Lipinski definition) is 5. The molecule has 146 valence electrons. The number of amides is 2. The Morgan fingerprint density at radius 1 is 1.22 bits per heavy atom. The third kappa shape index (κ3) is 7.88. The summed E-state index contributed by atoms with van der Waals surface area (Å²) in [6, 6.07) is 9.71. The van der Waals surface area contributed by atoms with Crippen molar-refractivity contribution >= 4 is 28.3 Å². The zero-order valence-corrected chi connectivity index (χ0v) is 16.8. The molecular weight excluding hydrogens is 362 g/mol. The van der Waals surface area contributed by atoms with Gasteiger partial charge in [-0.25, -0.2) is 4.98 Å². The van der Waals surface area contributed by atoms with Crippen molar-refractivity contribution in [2.24, 2.45) is 0 Å². The molecule has 1 aromatic carbocycles. The molecule has 2 amide bonds. The van der Waals surface area contributed by atoms with E-state index < -0.39 is 0 Å². The number of hydrogen-bond donors (Lipinski definition) is 1. The van der Waals surface area contributed by atoms with Crippen LogP contribution in [0.4, 0.5) is 5.13 Å². The first-order valence-electron chi connectivity index (χ1n) is 9.20. The van der Waals surface area contributed by atoms with Gasteiger partial charge in [0.2, 0.25) is 11.8 Å². The fourth-order valence-corrected chi connectivity index (χ4v) is 3.19. The van der Waals surface area contributed by atoms with Crippen LogP contribution in [0.1, 0.15) is 36.6 Å². The number of nitrogens with one attached hydrogen (secondary N) is 1. The van der Waals surface area contributed by atoms with Crippen LogP contribution < -0.4 is 5.32 Å². The van der Waals surface area contributed by atoms with Gasteiger partial charge in [-0.1, -0.05) is 50.1 Å². The van der Waals surface area contributed by atoms with E-state index in [1.807, 2.05) is 37.3 Å². The van der Waals surface area contributed by atoms with Gasteiger partial charge >= 0.3 is 0 Å². The molecule has 0 aliphatic rings. The summed E-state index contributed by atoms with van der Waals surface area (Å²) in [6.07, 6.45) is 4.64. The number of rotatable bonds is 11. The maximum absolute atomic E-state index is 12.5. The van der Waals surface area contributed by atoms with Gasteiger partial charge in [-0.15, -0.1) is 11.3 Å². The van der Waals surface area contributed by atoms with Crippen molar-refractivity contribution in [3.8, 4) is 0 Å². The van der Waals surface area contributed by atoms with Crippen LogP contribution in [-0.2, 0) is 20.9 Å². The zero-order valence-electron chi connectivity index (χ0n) is 15.9. The van der Waals surface area contributed by atoms with Crippen molar-refractivity contribution in [3.05, 3.63) is 47.0 Å². The number of ether oxygens (including phenoxy) is 1. The van der Waals surface area contributed by atoms with Crippen LogP contribution in [0.15, 0.2) is 36.5 Å². The van der Waals surface area contributed by atoms with Crippen LogP contribution in [0.25, 0.3) is 0 Å². The second kappa shape index (κ2) is 11.5. The lowest BCUT2D eigenvalue weighted by Gasteiger charge is -2.22. The van der Waals surface area contributed by atoms with Crippen molar-refractivity contribution in [2.75, 3.05) is 25.0 Å². The Morgan fingerprint density at radius 3 is 2.67 bits per heavy atom. The van der Waals surface area contributed by atoms with E-state index in [0.717, 1.165) is 29.7 Å². The maximum atomic E-state index is 12.5. The molecule has 0 saturated heterocycles. The van der Waals surface area contributed by atoms with Crippen LogP contribution in [0.3, 0.4) is 0 Å². The fourth-order valence-electron chi connectivity index (χ4n) is 2.51. The average Bonchev–Trinajstić information content (AvgIpc) is 3.06. The minimum absolute atomic E-state index is 0.00979. The summed E-state index contributed by atoms with van der Waals surface area (Å²) in [4.78, 5) is 31.5. The van der Waals surface area contributed by atoms with Crippen LogP contribution >= 0.6 is 11.3 Å². The Labute approximate surface area is 164 Å². The lowest BCUT2D eigenvalue weighted by molar-refractivity contribution is -0.139. The highest BCUT2D eigenvalue weighted by Gasteiger charge is 2.18. The summed E-state index contributed by atoms with van der Waals surface area (Å²) in [5.74, 6) is -0.412. The molecule has 0 unspecified atom stereocenters. The van der Waals surface area contributed by atoms with Gasteiger partial charge in [-0.05, 0) is 18.9 Å². The monoisotopic (exact) mass is 389 g/mol. The molecule has 0 aliphatic heterocycles. The smallest absolute Gasteiger partial charge is 0.249 e. The van der Waals surface area contributed by atoms with Gasteiger partial charge in [0.15, 0.2) is 5.13 Å². The SMILES string of the molecule is CCCCCN(CC(=O)Nc1ncc(C)s1)C(=O)COCc1ccccc1. The molecule has 6 nitrogen and oxygen atoms in total. The number of anilines is 1. The van der Waals surface area contributed by atoms with Gasteiger partial charge in [0.05, 0.1) is 13.2 Å². The number of thiazole rings is 1. The summed E-state index contributed by atoms with van der Waals surface area (Å²) in [5.41, 5.74) is 1.01. The van der Waals surface area contributed by atoms with Gasteiger partial charge in [-0.2, -0.15) is 0 Å². The number of carbonyl (C=O) groups is 2. The molecule has 0 bridgehead atoms. The number of unbranched alkanes of at least 4 members (excludes halogenated alkanes) is 2. The van der Waals surface area contributed by atoms with Crippen LogP contribution in [0.5, 0.6) is 0 Å². The van der Waals surface area contributed by atoms with E-state index in [0.29, 0.717) is 18.3 Å². The van der Waals surface area contributed by atoms with Gasteiger partial charge in [0.25, 0.3) is 0 Å². The van der Waals surface area contributed by atoms with Crippen LogP contribution in [-0.4, -0.2) is 41.4 Å². The van der Waals surface area contributed by atoms with E-state index in [4.69, 9.17) is 4.74 Å². The Kier molecular flexibility index (Phi) is 8.94. The first-order valence-corrected chi connectivity index (χ1v) is 10.0. The van der Waals surface area contributed by atoms with Gasteiger partial charge in [0, 0.05) is 17.6 Å². The molecule has 0 spiro atoms. The number of nitrogens with zero attached hydrogens (tertiary/aromatic N) is 2. The quantitative estimate of drug-likeness (QED) is 0.596. The summed E-state index contributed by atoms with van der Waals surface area (Å²) in [5, 5.41) is 3.31. The van der Waals surface area contributed by atoms with Crippen molar-refractivity contribution in [2.45, 2.75) is 39.7 Å². The molecule has 0 saturated carbocycles. The third-order valence-electron chi connectivity index (χ3n) is 3.92. The van der Waals surface area contributed by atoms with E-state index in [-0.39, 0.29) is 25.0 Å². The maximum Gasteiger partial charge on any atom is 0.249 e. The zero-order chi connectivity index (χ0) is 19.5. The van der Waals surface area contributed by atoms with Crippen LogP contribution in [0, 0.1) is 6.92 Å². The highest BCUT2D eigenvalue weighted by Crippen LogP contribution is 2.16. The molecule has 27 heavy (non-hydrogen) atoms. The van der Waals surface area contributed by atoms with Crippen molar-refractivity contribution in [1.29, 1.82) is 0 Å². The first-order chi connectivity index (χ1) is 13.1. The summed E-state index contributed by atoms with van der Waals surface area (Å²) < 4.78 is 5.54. The van der Waals surface area contributed by atoms with Gasteiger partial charge in [-0.3, -0.25) is 9.59 Å². The average molecular weight is 390 g/mol. The Morgan fingerprint density at radius 2 is 2.00 bits per heavy atom. The number of aryl methyl sites for hydroxylation is 1. The highest BCUT2D eigenvalue weighted by atomic mass is 32.1. The lowest BCUT2D eigenvalue weighted by Crippen LogP contribution is -2.40. The van der Waals surface area contributed by atoms with Gasteiger partial charge in [0.1, 0.15) is 6.61 Å². The molecule has 1 N–H and O–H groups in total. The second-order valence-corrected chi connectivity index (χ2v) is 7.56. The van der Waals surface area contributed by atoms with Crippen molar-refractivity contribution < 1.29 is 14.3 Å². The van der Waals surface area contributed by atoms with Crippen molar-refractivity contribution in [1.82, 2.24) is 9.88 Å². The molecule has 0 fully saturated rings. The fraction of sp³-hybridized carbons (Fsp3) is 0.450. The minimum Gasteiger partial charge on any atom is -0.367 e. The first kappa shape index (κ1) is 21.1. The largest absolute Gasteiger partial charge is 0.367 e. The Bertz CT molecular complexity index is 718. The molecule has 2 aromatic rings. The van der Waals surface area contributed by atoms with E-state index in [1.165, 1.54) is 11.3 Å². The number of aromatic nitrogens is 1. The predicted octanol–water partition coefficient (Wildman–Crippen LogP) is 3.63. The summed E-state index contributed by atoms with van der Waals surface area (Å²) >= 11 is 1.41. The molecule has 7 heteroatoms. The number of benzene rings is 1. The topological polar surface area (TPSA) is 71.5 Å². The Balaban J connectivity index is 1.85. The van der Waals surface area contributed by atoms with Gasteiger partial charge < -0.3 is 15.0 Å².